The highest BCUT2D eigenvalue weighted by atomic mass is 16.1. The zero-order valence-electron chi connectivity index (χ0n) is 16.8. The van der Waals surface area contributed by atoms with Gasteiger partial charge in [-0.3, -0.25) is 4.79 Å². The Hall–Kier alpha value is -3.11. The molecule has 0 spiro atoms. The van der Waals surface area contributed by atoms with Crippen LogP contribution in [0.1, 0.15) is 40.0 Å². The van der Waals surface area contributed by atoms with Crippen molar-refractivity contribution in [2.45, 2.75) is 31.8 Å². The SMILES string of the molecule is CNCc1cc2cc(C)c(C(=O)NC3(c4cccc5ccccc45)CC3)cc2[nH]1. The van der Waals surface area contributed by atoms with Gasteiger partial charge in [0.1, 0.15) is 0 Å². The third-order valence-corrected chi connectivity index (χ3v) is 6.04. The fourth-order valence-corrected chi connectivity index (χ4v) is 4.40. The molecular weight excluding hydrogens is 358 g/mol. The van der Waals surface area contributed by atoms with Gasteiger partial charge in [-0.1, -0.05) is 42.5 Å². The van der Waals surface area contributed by atoms with Crippen molar-refractivity contribution < 1.29 is 4.79 Å². The molecule has 1 amide bonds. The molecule has 0 saturated heterocycles. The number of fused-ring (bicyclic) bond motifs is 2. The lowest BCUT2D eigenvalue weighted by Gasteiger charge is -2.21. The zero-order chi connectivity index (χ0) is 20.0. The summed E-state index contributed by atoms with van der Waals surface area (Å²) in [4.78, 5) is 16.7. The maximum atomic E-state index is 13.3. The van der Waals surface area contributed by atoms with Crippen molar-refractivity contribution in [2.24, 2.45) is 0 Å². The second-order valence-electron chi connectivity index (χ2n) is 8.14. The molecule has 3 aromatic carbocycles. The second-order valence-corrected chi connectivity index (χ2v) is 8.14. The van der Waals surface area contributed by atoms with Crippen LogP contribution in [-0.2, 0) is 12.1 Å². The number of aryl methyl sites for hydroxylation is 1. The summed E-state index contributed by atoms with van der Waals surface area (Å²) in [5.74, 6) is -0.000370. The number of nitrogens with one attached hydrogen (secondary N) is 3. The fraction of sp³-hybridized carbons (Fsp3) is 0.240. The molecule has 4 heteroatoms. The van der Waals surface area contributed by atoms with Crippen molar-refractivity contribution >= 4 is 27.6 Å². The molecule has 3 N–H and O–H groups in total. The van der Waals surface area contributed by atoms with Crippen LogP contribution in [0, 0.1) is 6.92 Å². The maximum absolute atomic E-state index is 13.3. The van der Waals surface area contributed by atoms with Crippen molar-refractivity contribution in [1.29, 1.82) is 0 Å². The van der Waals surface area contributed by atoms with Gasteiger partial charge in [0.25, 0.3) is 5.91 Å². The molecule has 1 aliphatic carbocycles. The first-order valence-corrected chi connectivity index (χ1v) is 10.2. The Balaban J connectivity index is 1.49. The molecule has 4 aromatic rings. The average molecular weight is 383 g/mol. The smallest absolute Gasteiger partial charge is 0.252 e. The first-order chi connectivity index (χ1) is 14.1. The Bertz CT molecular complexity index is 1230. The summed E-state index contributed by atoms with van der Waals surface area (Å²) in [5, 5.41) is 10.1. The molecule has 146 valence electrons. The van der Waals surface area contributed by atoms with Crippen molar-refractivity contribution in [3.63, 3.8) is 0 Å². The number of benzene rings is 3. The summed E-state index contributed by atoms with van der Waals surface area (Å²) in [5.41, 5.74) is 4.82. The molecule has 5 rings (SSSR count). The first kappa shape index (κ1) is 18.0. The molecule has 0 radical (unpaired) electrons. The molecular formula is C25H25N3O. The predicted molar refractivity (Wildman–Crippen MR) is 118 cm³/mol. The van der Waals surface area contributed by atoms with Crippen LogP contribution in [0.3, 0.4) is 0 Å². The van der Waals surface area contributed by atoms with Gasteiger partial charge in [0.05, 0.1) is 5.54 Å². The van der Waals surface area contributed by atoms with E-state index in [1.54, 1.807) is 0 Å². The molecule has 29 heavy (non-hydrogen) atoms. The van der Waals surface area contributed by atoms with Gasteiger partial charge < -0.3 is 15.6 Å². The van der Waals surface area contributed by atoms with Gasteiger partial charge >= 0.3 is 0 Å². The molecule has 1 heterocycles. The average Bonchev–Trinajstić information content (AvgIpc) is 3.39. The number of aromatic amines is 1. The van der Waals surface area contributed by atoms with Crippen LogP contribution in [0.4, 0.5) is 0 Å². The number of carbonyl (C=O) groups is 1. The molecule has 4 nitrogen and oxygen atoms in total. The minimum atomic E-state index is -0.258. The second kappa shape index (κ2) is 6.75. The highest BCUT2D eigenvalue weighted by molar-refractivity contribution is 6.00. The Morgan fingerprint density at radius 3 is 2.62 bits per heavy atom. The van der Waals surface area contributed by atoms with E-state index in [0.717, 1.165) is 47.1 Å². The maximum Gasteiger partial charge on any atom is 0.252 e. The first-order valence-electron chi connectivity index (χ1n) is 10.2. The number of aromatic nitrogens is 1. The fourth-order valence-electron chi connectivity index (χ4n) is 4.40. The van der Waals surface area contributed by atoms with E-state index in [1.807, 2.05) is 20.0 Å². The normalized spacial score (nSPS) is 15.0. The standard InChI is InChI=1S/C25H25N3O/c1-16-12-18-13-19(15-26-2)27-23(18)14-21(16)24(29)28-25(10-11-25)22-9-5-7-17-6-3-4-8-20(17)22/h3-9,12-14,26-27H,10-11,15H2,1-2H3,(H,28,29). The van der Waals surface area contributed by atoms with Crippen LogP contribution in [0.5, 0.6) is 0 Å². The monoisotopic (exact) mass is 383 g/mol. The van der Waals surface area contributed by atoms with Crippen LogP contribution in [-0.4, -0.2) is 17.9 Å². The lowest BCUT2D eigenvalue weighted by molar-refractivity contribution is 0.0930. The molecule has 1 aromatic heterocycles. The largest absolute Gasteiger partial charge is 0.357 e. The quantitative estimate of drug-likeness (QED) is 0.465. The van der Waals surface area contributed by atoms with Gasteiger partial charge in [-0.25, -0.2) is 0 Å². The number of carbonyl (C=O) groups excluding carboxylic acids is 1. The molecule has 1 saturated carbocycles. The van der Waals surface area contributed by atoms with Crippen molar-refractivity contribution in [1.82, 2.24) is 15.6 Å². The summed E-state index contributed by atoms with van der Waals surface area (Å²) in [7, 11) is 1.93. The number of rotatable bonds is 5. The molecule has 0 aliphatic heterocycles. The Labute approximate surface area is 170 Å². The van der Waals surface area contributed by atoms with E-state index in [1.165, 1.54) is 16.3 Å². The summed E-state index contributed by atoms with van der Waals surface area (Å²) < 4.78 is 0. The van der Waals surface area contributed by atoms with E-state index < -0.39 is 0 Å². The van der Waals surface area contributed by atoms with E-state index in [2.05, 4.69) is 70.2 Å². The third kappa shape index (κ3) is 3.10. The van der Waals surface area contributed by atoms with E-state index in [9.17, 15) is 4.79 Å². The molecule has 0 atom stereocenters. The van der Waals surface area contributed by atoms with Crippen molar-refractivity contribution in [3.05, 3.63) is 83.0 Å². The lowest BCUT2D eigenvalue weighted by Crippen LogP contribution is -2.35. The summed E-state index contributed by atoms with van der Waals surface area (Å²) in [6, 6.07) is 21.0. The Kier molecular flexibility index (Phi) is 4.18. The van der Waals surface area contributed by atoms with Gasteiger partial charge in [0.2, 0.25) is 0 Å². The van der Waals surface area contributed by atoms with Crippen LogP contribution in [0.15, 0.2) is 60.7 Å². The Morgan fingerprint density at radius 1 is 1.03 bits per heavy atom. The molecule has 0 bridgehead atoms. The highest BCUT2D eigenvalue weighted by Crippen LogP contribution is 2.48. The Morgan fingerprint density at radius 2 is 1.83 bits per heavy atom. The number of hydrogen-bond donors (Lipinski definition) is 3. The zero-order valence-corrected chi connectivity index (χ0v) is 16.8. The molecule has 0 unspecified atom stereocenters. The highest BCUT2D eigenvalue weighted by Gasteiger charge is 2.46. The van der Waals surface area contributed by atoms with Crippen molar-refractivity contribution in [3.8, 4) is 0 Å². The van der Waals surface area contributed by atoms with Gasteiger partial charge in [0, 0.05) is 28.7 Å². The molecule has 1 fully saturated rings. The predicted octanol–water partition coefficient (Wildman–Crippen LogP) is 4.77. The van der Waals surface area contributed by atoms with Crippen LogP contribution in [0.25, 0.3) is 21.7 Å². The molecule has 1 aliphatic rings. The van der Waals surface area contributed by atoms with E-state index >= 15 is 0 Å². The van der Waals surface area contributed by atoms with Crippen LogP contribution >= 0.6 is 0 Å². The van der Waals surface area contributed by atoms with Crippen LogP contribution in [0.2, 0.25) is 0 Å². The number of amides is 1. The van der Waals surface area contributed by atoms with Gasteiger partial charge in [-0.15, -0.1) is 0 Å². The van der Waals surface area contributed by atoms with Gasteiger partial charge in [0.15, 0.2) is 0 Å². The van der Waals surface area contributed by atoms with E-state index in [4.69, 9.17) is 0 Å². The minimum Gasteiger partial charge on any atom is -0.357 e. The van der Waals surface area contributed by atoms with Crippen LogP contribution < -0.4 is 10.6 Å². The number of H-pyrrole nitrogens is 1. The topological polar surface area (TPSA) is 56.9 Å². The third-order valence-electron chi connectivity index (χ3n) is 6.04. The van der Waals surface area contributed by atoms with Gasteiger partial charge in [-0.05, 0) is 66.9 Å². The summed E-state index contributed by atoms with van der Waals surface area (Å²) in [6.07, 6.45) is 1.95. The van der Waals surface area contributed by atoms with Gasteiger partial charge in [-0.2, -0.15) is 0 Å². The van der Waals surface area contributed by atoms with Crippen molar-refractivity contribution in [2.75, 3.05) is 7.05 Å². The van der Waals surface area contributed by atoms with E-state index in [-0.39, 0.29) is 11.4 Å². The minimum absolute atomic E-state index is 0.000370. The van der Waals surface area contributed by atoms with E-state index in [0.29, 0.717) is 0 Å². The number of hydrogen-bond acceptors (Lipinski definition) is 2. The lowest BCUT2D eigenvalue weighted by atomic mass is 9.96. The summed E-state index contributed by atoms with van der Waals surface area (Å²) in [6.45, 7) is 2.79. The summed E-state index contributed by atoms with van der Waals surface area (Å²) >= 11 is 0.